The van der Waals surface area contributed by atoms with E-state index >= 15 is 0 Å². The Labute approximate surface area is 117 Å². The second kappa shape index (κ2) is 7.10. The lowest BCUT2D eigenvalue weighted by Gasteiger charge is -2.19. The molecule has 0 saturated heterocycles. The third-order valence-corrected chi connectivity index (χ3v) is 3.15. The number of benzene rings is 1. The van der Waals surface area contributed by atoms with E-state index in [1.54, 1.807) is 24.4 Å². The molecule has 1 heterocycles. The molecule has 2 aromatic rings. The van der Waals surface area contributed by atoms with Crippen molar-refractivity contribution in [1.82, 2.24) is 10.3 Å². The molecule has 2 nitrogen and oxygen atoms in total. The Bertz CT molecular complexity index is 558. The van der Waals surface area contributed by atoms with Crippen molar-refractivity contribution in [2.24, 2.45) is 0 Å². The smallest absolute Gasteiger partial charge is 0.141 e. The molecular weight excluding hydrogens is 258 g/mol. The summed E-state index contributed by atoms with van der Waals surface area (Å²) in [6.07, 6.45) is 4.22. The average Bonchev–Trinajstić information content (AvgIpc) is 2.45. The van der Waals surface area contributed by atoms with E-state index in [9.17, 15) is 8.78 Å². The summed E-state index contributed by atoms with van der Waals surface area (Å²) in [6, 6.07) is 7.96. The van der Waals surface area contributed by atoms with Crippen LogP contribution in [0.15, 0.2) is 42.7 Å². The lowest BCUT2D eigenvalue weighted by molar-refractivity contribution is 0.507. The molecule has 0 fully saturated rings. The maximum Gasteiger partial charge on any atom is 0.141 e. The first-order valence-electron chi connectivity index (χ1n) is 6.78. The predicted molar refractivity (Wildman–Crippen MR) is 75.3 cm³/mol. The molecule has 4 heteroatoms. The van der Waals surface area contributed by atoms with Crippen LogP contribution >= 0.6 is 0 Å². The molecule has 0 saturated carbocycles. The number of halogens is 2. The minimum atomic E-state index is -0.376. The van der Waals surface area contributed by atoms with Gasteiger partial charge in [0.2, 0.25) is 0 Å². The molecule has 0 spiro atoms. The van der Waals surface area contributed by atoms with Gasteiger partial charge in [0.1, 0.15) is 11.6 Å². The number of hydrogen-bond acceptors (Lipinski definition) is 2. The number of hydrogen-bond donors (Lipinski definition) is 1. The van der Waals surface area contributed by atoms with Crippen LogP contribution in [0, 0.1) is 11.6 Å². The van der Waals surface area contributed by atoms with Crippen molar-refractivity contribution < 1.29 is 8.78 Å². The average molecular weight is 276 g/mol. The maximum atomic E-state index is 13.7. The summed E-state index contributed by atoms with van der Waals surface area (Å²) >= 11 is 0. The molecule has 2 rings (SSSR count). The molecule has 0 aliphatic heterocycles. The maximum absolute atomic E-state index is 13.7. The third kappa shape index (κ3) is 3.84. The van der Waals surface area contributed by atoms with Gasteiger partial charge in [-0.3, -0.25) is 4.98 Å². The van der Waals surface area contributed by atoms with E-state index in [0.29, 0.717) is 12.0 Å². The zero-order chi connectivity index (χ0) is 14.4. The number of aromatic nitrogens is 1. The van der Waals surface area contributed by atoms with E-state index < -0.39 is 0 Å². The fourth-order valence-corrected chi connectivity index (χ4v) is 2.13. The van der Waals surface area contributed by atoms with Gasteiger partial charge >= 0.3 is 0 Å². The van der Waals surface area contributed by atoms with Crippen LogP contribution in [0.4, 0.5) is 8.78 Å². The van der Waals surface area contributed by atoms with Crippen LogP contribution in [-0.4, -0.2) is 11.5 Å². The van der Waals surface area contributed by atoms with Crippen LogP contribution in [0.3, 0.4) is 0 Å². The molecule has 1 aromatic carbocycles. The number of nitrogens with zero attached hydrogens (tertiary/aromatic N) is 1. The lowest BCUT2D eigenvalue weighted by atomic mass is 9.99. The highest BCUT2D eigenvalue weighted by molar-refractivity contribution is 5.23. The molecule has 0 radical (unpaired) electrons. The van der Waals surface area contributed by atoms with Crippen LogP contribution in [0.1, 0.15) is 30.5 Å². The van der Waals surface area contributed by atoms with Gasteiger partial charge in [-0.15, -0.1) is 0 Å². The Morgan fingerprint density at radius 3 is 2.70 bits per heavy atom. The molecule has 0 aliphatic rings. The van der Waals surface area contributed by atoms with Crippen LogP contribution in [0.5, 0.6) is 0 Å². The van der Waals surface area contributed by atoms with E-state index in [2.05, 4.69) is 17.2 Å². The van der Waals surface area contributed by atoms with E-state index in [-0.39, 0.29) is 17.7 Å². The quantitative estimate of drug-likeness (QED) is 0.871. The molecule has 1 unspecified atom stereocenters. The van der Waals surface area contributed by atoms with Crippen LogP contribution < -0.4 is 5.32 Å². The van der Waals surface area contributed by atoms with Gasteiger partial charge in [-0.2, -0.15) is 0 Å². The summed E-state index contributed by atoms with van der Waals surface area (Å²) in [6.45, 7) is 2.84. The topological polar surface area (TPSA) is 24.9 Å². The Balaban J connectivity index is 2.21. The highest BCUT2D eigenvalue weighted by Crippen LogP contribution is 2.20. The summed E-state index contributed by atoms with van der Waals surface area (Å²) in [7, 11) is 0. The monoisotopic (exact) mass is 276 g/mol. The molecule has 0 bridgehead atoms. The summed E-state index contributed by atoms with van der Waals surface area (Å²) in [5.41, 5.74) is 1.35. The Hall–Kier alpha value is -1.81. The summed E-state index contributed by atoms with van der Waals surface area (Å²) in [4.78, 5) is 3.87. The van der Waals surface area contributed by atoms with Crippen molar-refractivity contribution >= 4 is 0 Å². The van der Waals surface area contributed by atoms with E-state index in [0.717, 1.165) is 18.5 Å². The van der Waals surface area contributed by atoms with Crippen LogP contribution in [0.25, 0.3) is 0 Å². The number of rotatable bonds is 6. The minimum Gasteiger partial charge on any atom is -0.310 e. The molecular formula is C16H18F2N2. The largest absolute Gasteiger partial charge is 0.310 e. The Morgan fingerprint density at radius 2 is 2.00 bits per heavy atom. The second-order valence-corrected chi connectivity index (χ2v) is 4.74. The first kappa shape index (κ1) is 14.6. The van der Waals surface area contributed by atoms with Crippen molar-refractivity contribution in [3.63, 3.8) is 0 Å². The molecule has 0 amide bonds. The second-order valence-electron chi connectivity index (χ2n) is 4.74. The van der Waals surface area contributed by atoms with Gasteiger partial charge in [0.15, 0.2) is 0 Å². The molecule has 1 aromatic heterocycles. The first-order valence-corrected chi connectivity index (χ1v) is 6.78. The van der Waals surface area contributed by atoms with Crippen LogP contribution in [-0.2, 0) is 6.42 Å². The summed E-state index contributed by atoms with van der Waals surface area (Å²) in [5, 5.41) is 3.32. The van der Waals surface area contributed by atoms with Gasteiger partial charge in [0.25, 0.3) is 0 Å². The van der Waals surface area contributed by atoms with Crippen molar-refractivity contribution in [3.8, 4) is 0 Å². The standard InChI is InChI=1S/C16H18F2N2/c1-2-7-20-16(13-8-14(17)11-19-10-13)9-12-5-3-4-6-15(12)18/h3-6,8,10-11,16,20H,2,7,9H2,1H3. The minimum absolute atomic E-state index is 0.143. The van der Waals surface area contributed by atoms with Crippen molar-refractivity contribution in [1.29, 1.82) is 0 Å². The highest BCUT2D eigenvalue weighted by Gasteiger charge is 2.14. The van der Waals surface area contributed by atoms with Gasteiger partial charge in [0, 0.05) is 12.2 Å². The van der Waals surface area contributed by atoms with Gasteiger partial charge in [0.05, 0.1) is 6.20 Å². The normalized spacial score (nSPS) is 12.3. The Morgan fingerprint density at radius 1 is 1.20 bits per heavy atom. The SMILES string of the molecule is CCCNC(Cc1ccccc1F)c1cncc(F)c1. The molecule has 106 valence electrons. The molecule has 1 N–H and O–H groups in total. The molecule has 0 aliphatic carbocycles. The van der Waals surface area contributed by atoms with Crippen LogP contribution in [0.2, 0.25) is 0 Å². The van der Waals surface area contributed by atoms with Crippen molar-refractivity contribution in [3.05, 3.63) is 65.5 Å². The molecule has 1 atom stereocenters. The van der Waals surface area contributed by atoms with Gasteiger partial charge in [-0.25, -0.2) is 8.78 Å². The fraction of sp³-hybridized carbons (Fsp3) is 0.312. The summed E-state index contributed by atoms with van der Waals surface area (Å²) in [5.74, 6) is -0.612. The molecule has 20 heavy (non-hydrogen) atoms. The first-order chi connectivity index (χ1) is 9.70. The predicted octanol–water partition coefficient (Wildman–Crippen LogP) is 3.64. The fourth-order valence-electron chi connectivity index (χ4n) is 2.13. The number of pyridine rings is 1. The van der Waals surface area contributed by atoms with Crippen molar-refractivity contribution in [2.45, 2.75) is 25.8 Å². The highest BCUT2D eigenvalue weighted by atomic mass is 19.1. The van der Waals surface area contributed by atoms with E-state index in [1.807, 2.05) is 0 Å². The van der Waals surface area contributed by atoms with E-state index in [1.165, 1.54) is 18.3 Å². The lowest BCUT2D eigenvalue weighted by Crippen LogP contribution is -2.24. The zero-order valence-corrected chi connectivity index (χ0v) is 11.4. The van der Waals surface area contributed by atoms with E-state index in [4.69, 9.17) is 0 Å². The van der Waals surface area contributed by atoms with Gasteiger partial charge < -0.3 is 5.32 Å². The Kier molecular flexibility index (Phi) is 5.18. The van der Waals surface area contributed by atoms with Crippen molar-refractivity contribution in [2.75, 3.05) is 6.54 Å². The van der Waals surface area contributed by atoms with Gasteiger partial charge in [-0.1, -0.05) is 25.1 Å². The summed E-state index contributed by atoms with van der Waals surface area (Å²) < 4.78 is 27.1. The zero-order valence-electron chi connectivity index (χ0n) is 11.4. The van der Waals surface area contributed by atoms with Gasteiger partial charge in [-0.05, 0) is 42.6 Å². The number of nitrogens with one attached hydrogen (secondary N) is 1. The third-order valence-electron chi connectivity index (χ3n) is 3.15.